The average molecular weight is 482 g/mol. The Labute approximate surface area is 201 Å². The SMILES string of the molecule is COCCNC(=O)c1ccc(COc2nn3c(-c4cc(CO)on4)nncc3c2C(C)(C)C)nc1. The first-order valence-corrected chi connectivity index (χ1v) is 11.0. The first-order valence-electron chi connectivity index (χ1n) is 11.0. The zero-order valence-electron chi connectivity index (χ0n) is 20.0. The molecule has 4 aromatic rings. The van der Waals surface area contributed by atoms with E-state index in [-0.39, 0.29) is 24.5 Å². The fourth-order valence-corrected chi connectivity index (χ4v) is 3.49. The van der Waals surface area contributed by atoms with Crippen LogP contribution in [0.3, 0.4) is 0 Å². The number of amides is 1. The number of carbonyl (C=O) groups excluding carboxylic acids is 1. The quantitative estimate of drug-likeness (QED) is 0.339. The molecule has 12 heteroatoms. The summed E-state index contributed by atoms with van der Waals surface area (Å²) in [6.07, 6.45) is 3.12. The Bertz CT molecular complexity index is 1310. The van der Waals surface area contributed by atoms with E-state index in [2.05, 4.69) is 30.8 Å². The summed E-state index contributed by atoms with van der Waals surface area (Å²) in [5.74, 6) is 0.846. The third kappa shape index (κ3) is 5.28. The Morgan fingerprint density at radius 3 is 2.74 bits per heavy atom. The number of nitrogens with zero attached hydrogens (tertiary/aromatic N) is 6. The molecule has 4 aromatic heterocycles. The number of nitrogens with one attached hydrogen (secondary N) is 1. The van der Waals surface area contributed by atoms with Crippen molar-refractivity contribution in [3.63, 3.8) is 0 Å². The van der Waals surface area contributed by atoms with E-state index in [9.17, 15) is 9.90 Å². The molecule has 0 aliphatic heterocycles. The molecular formula is C23H27N7O5. The van der Waals surface area contributed by atoms with Crippen LogP contribution in [0.15, 0.2) is 35.1 Å². The number of ether oxygens (including phenoxy) is 2. The number of rotatable bonds is 9. The lowest BCUT2D eigenvalue weighted by atomic mass is 9.88. The Morgan fingerprint density at radius 2 is 2.09 bits per heavy atom. The van der Waals surface area contributed by atoms with Crippen molar-refractivity contribution >= 4 is 11.4 Å². The van der Waals surface area contributed by atoms with Gasteiger partial charge in [0.2, 0.25) is 11.7 Å². The van der Waals surface area contributed by atoms with Gasteiger partial charge in [0.25, 0.3) is 5.91 Å². The Morgan fingerprint density at radius 1 is 1.26 bits per heavy atom. The molecular weight excluding hydrogens is 454 g/mol. The molecule has 0 aliphatic rings. The molecule has 184 valence electrons. The zero-order valence-corrected chi connectivity index (χ0v) is 20.0. The van der Waals surface area contributed by atoms with Crippen LogP contribution in [-0.2, 0) is 23.4 Å². The van der Waals surface area contributed by atoms with Crippen LogP contribution in [-0.4, -0.2) is 61.2 Å². The molecule has 12 nitrogen and oxygen atoms in total. The highest BCUT2D eigenvalue weighted by Crippen LogP contribution is 2.36. The maximum absolute atomic E-state index is 12.1. The number of aliphatic hydroxyl groups is 1. The molecule has 0 saturated carbocycles. The molecule has 0 bridgehead atoms. The van der Waals surface area contributed by atoms with Gasteiger partial charge in [-0.15, -0.1) is 10.2 Å². The summed E-state index contributed by atoms with van der Waals surface area (Å²) in [4.78, 5) is 16.5. The van der Waals surface area contributed by atoms with Gasteiger partial charge in [0, 0.05) is 31.5 Å². The van der Waals surface area contributed by atoms with E-state index in [0.717, 1.165) is 5.56 Å². The van der Waals surface area contributed by atoms with Crippen molar-refractivity contribution in [1.82, 2.24) is 35.3 Å². The minimum absolute atomic E-state index is 0.146. The van der Waals surface area contributed by atoms with Gasteiger partial charge in [0.15, 0.2) is 11.5 Å². The second-order valence-corrected chi connectivity index (χ2v) is 8.81. The average Bonchev–Trinajstić information content (AvgIpc) is 3.47. The largest absolute Gasteiger partial charge is 0.470 e. The van der Waals surface area contributed by atoms with E-state index in [0.29, 0.717) is 53.1 Å². The standard InChI is InChI=1S/C23H27N7O5/c1-23(2,3)19-18-11-26-27-20(17-9-16(12-31)35-29-17)30(18)28-22(19)34-13-15-6-5-14(10-25-15)21(32)24-7-8-33-4/h5-6,9-11,31H,7-8,12-13H2,1-4H3,(H,24,32). The van der Waals surface area contributed by atoms with E-state index >= 15 is 0 Å². The fourth-order valence-electron chi connectivity index (χ4n) is 3.49. The number of methoxy groups -OCH3 is 1. The topological polar surface area (TPSA) is 150 Å². The van der Waals surface area contributed by atoms with Gasteiger partial charge in [-0.3, -0.25) is 9.78 Å². The first kappa shape index (κ1) is 24.2. The molecule has 4 rings (SSSR count). The molecule has 0 spiro atoms. The summed E-state index contributed by atoms with van der Waals surface area (Å²) in [6, 6.07) is 5.01. The molecule has 0 aromatic carbocycles. The number of pyridine rings is 1. The minimum atomic E-state index is -0.324. The van der Waals surface area contributed by atoms with Gasteiger partial charge in [0.1, 0.15) is 13.2 Å². The van der Waals surface area contributed by atoms with Gasteiger partial charge >= 0.3 is 0 Å². The summed E-state index contributed by atoms with van der Waals surface area (Å²) >= 11 is 0. The maximum atomic E-state index is 12.1. The number of hydrogen-bond acceptors (Lipinski definition) is 10. The summed E-state index contributed by atoms with van der Waals surface area (Å²) in [6.45, 7) is 6.87. The monoisotopic (exact) mass is 481 g/mol. The van der Waals surface area contributed by atoms with Crippen LogP contribution >= 0.6 is 0 Å². The maximum Gasteiger partial charge on any atom is 0.252 e. The predicted octanol–water partition coefficient (Wildman–Crippen LogP) is 1.92. The molecule has 0 saturated heterocycles. The number of fused-ring (bicyclic) bond motifs is 1. The third-order valence-electron chi connectivity index (χ3n) is 5.15. The normalized spacial score (nSPS) is 11.7. The molecule has 1 amide bonds. The second-order valence-electron chi connectivity index (χ2n) is 8.81. The summed E-state index contributed by atoms with van der Waals surface area (Å²) in [7, 11) is 1.58. The van der Waals surface area contributed by atoms with Crippen LogP contribution in [0.25, 0.3) is 17.0 Å². The highest BCUT2D eigenvalue weighted by Gasteiger charge is 2.28. The Balaban J connectivity index is 1.59. The van der Waals surface area contributed by atoms with E-state index in [1.165, 1.54) is 6.20 Å². The van der Waals surface area contributed by atoms with Crippen LogP contribution in [0, 0.1) is 0 Å². The molecule has 0 unspecified atom stereocenters. The summed E-state index contributed by atoms with van der Waals surface area (Å²) < 4.78 is 17.7. The van der Waals surface area contributed by atoms with Gasteiger partial charge in [-0.05, 0) is 17.5 Å². The smallest absolute Gasteiger partial charge is 0.252 e. The summed E-state index contributed by atoms with van der Waals surface area (Å²) in [5.41, 5.74) is 2.70. The molecule has 35 heavy (non-hydrogen) atoms. The van der Waals surface area contributed by atoms with Crippen molar-refractivity contribution < 1.29 is 23.9 Å². The van der Waals surface area contributed by atoms with Gasteiger partial charge in [-0.25, -0.2) is 4.52 Å². The highest BCUT2D eigenvalue weighted by molar-refractivity contribution is 5.93. The molecule has 4 heterocycles. The lowest BCUT2D eigenvalue weighted by molar-refractivity contribution is 0.0936. The van der Waals surface area contributed by atoms with Crippen molar-refractivity contribution in [3.8, 4) is 17.4 Å². The lowest BCUT2D eigenvalue weighted by Gasteiger charge is -2.18. The Hall–Kier alpha value is -3.90. The van der Waals surface area contributed by atoms with Gasteiger partial charge in [0.05, 0.1) is 29.6 Å². The van der Waals surface area contributed by atoms with E-state index in [1.807, 2.05) is 20.8 Å². The van der Waals surface area contributed by atoms with E-state index in [4.69, 9.17) is 14.0 Å². The summed E-state index contributed by atoms with van der Waals surface area (Å²) in [5, 5.41) is 28.9. The van der Waals surface area contributed by atoms with Crippen molar-refractivity contribution in [2.75, 3.05) is 20.3 Å². The van der Waals surface area contributed by atoms with Gasteiger partial charge in [-0.2, -0.15) is 5.10 Å². The Kier molecular flexibility index (Phi) is 7.03. The van der Waals surface area contributed by atoms with Crippen molar-refractivity contribution in [2.45, 2.75) is 39.4 Å². The third-order valence-corrected chi connectivity index (χ3v) is 5.15. The molecule has 2 N–H and O–H groups in total. The van der Waals surface area contributed by atoms with Crippen LogP contribution < -0.4 is 10.1 Å². The van der Waals surface area contributed by atoms with Crippen LogP contribution in [0.5, 0.6) is 5.88 Å². The molecule has 0 radical (unpaired) electrons. The second kappa shape index (κ2) is 10.2. The number of hydrogen-bond donors (Lipinski definition) is 2. The van der Waals surface area contributed by atoms with Crippen LogP contribution in [0.2, 0.25) is 0 Å². The molecule has 0 fully saturated rings. The number of aliphatic hydroxyl groups excluding tert-OH is 1. The van der Waals surface area contributed by atoms with Crippen LogP contribution in [0.1, 0.15) is 48.1 Å². The van der Waals surface area contributed by atoms with Crippen molar-refractivity contribution in [2.24, 2.45) is 0 Å². The van der Waals surface area contributed by atoms with Crippen molar-refractivity contribution in [1.29, 1.82) is 0 Å². The van der Waals surface area contributed by atoms with Gasteiger partial charge in [-0.1, -0.05) is 25.9 Å². The number of carbonyl (C=O) groups is 1. The predicted molar refractivity (Wildman–Crippen MR) is 124 cm³/mol. The highest BCUT2D eigenvalue weighted by atomic mass is 16.5. The lowest BCUT2D eigenvalue weighted by Crippen LogP contribution is -2.27. The van der Waals surface area contributed by atoms with E-state index in [1.54, 1.807) is 36.0 Å². The van der Waals surface area contributed by atoms with Crippen LogP contribution in [0.4, 0.5) is 0 Å². The van der Waals surface area contributed by atoms with Gasteiger partial charge < -0.3 is 24.4 Å². The molecule has 0 aliphatic carbocycles. The number of aromatic nitrogens is 6. The minimum Gasteiger partial charge on any atom is -0.470 e. The first-order chi connectivity index (χ1) is 16.8. The zero-order chi connectivity index (χ0) is 25.0. The fraction of sp³-hybridized carbons (Fsp3) is 0.391. The van der Waals surface area contributed by atoms with E-state index < -0.39 is 0 Å². The molecule has 0 atom stereocenters. The van der Waals surface area contributed by atoms with Crippen molar-refractivity contribution in [3.05, 3.63) is 53.2 Å².